The minimum Gasteiger partial charge on any atom is -0.497 e. The first-order valence-corrected chi connectivity index (χ1v) is 13.3. The van der Waals surface area contributed by atoms with Crippen molar-refractivity contribution >= 4 is 25.7 Å². The number of carboxylic acid groups (broad SMARTS) is 3. The maximum absolute atomic E-state index is 10.3. The molecule has 43 heavy (non-hydrogen) atoms. The molecule has 4 aromatic rings. The first-order valence-electron chi connectivity index (χ1n) is 13.3. The molecule has 8 nitrogen and oxygen atoms in total. The van der Waals surface area contributed by atoms with Crippen molar-refractivity contribution in [1.29, 1.82) is 0 Å². The predicted molar refractivity (Wildman–Crippen MR) is 168 cm³/mol. The molecule has 1 atom stereocenters. The van der Waals surface area contributed by atoms with Gasteiger partial charge in [-0.3, -0.25) is 19.2 Å². The second kappa shape index (κ2) is 19.0. The van der Waals surface area contributed by atoms with E-state index >= 15 is 0 Å². The molecule has 0 aliphatic heterocycles. The highest BCUT2D eigenvalue weighted by Gasteiger charge is 2.26. The van der Waals surface area contributed by atoms with Gasteiger partial charge in [-0.15, -0.1) is 0 Å². The SMILES string of the molecule is CC(C)c1ccc(C=O)cc1.COc1ccc2c(c1)C(C)c1cc(-c3cccc(C)c3)ccc1-2.O=CO.O=CO.O=CO. The fourth-order valence-corrected chi connectivity index (χ4v) is 4.57. The molecule has 0 saturated heterocycles. The Hall–Kier alpha value is -5.24. The van der Waals surface area contributed by atoms with E-state index in [0.717, 1.165) is 17.6 Å². The number of fused-ring (bicyclic) bond motifs is 3. The summed E-state index contributed by atoms with van der Waals surface area (Å²) in [5.74, 6) is 1.87. The third kappa shape index (κ3) is 10.6. The smallest absolute Gasteiger partial charge is 0.290 e. The van der Waals surface area contributed by atoms with Gasteiger partial charge in [-0.05, 0) is 70.0 Å². The standard InChI is InChI=1S/C22H20O.C10H12O.3CH2O2/c1-14-5-4-6-16(11-14)17-7-9-19-20-10-8-18(23-3)13-22(20)15(2)21(19)12-17;1-8(2)10-5-3-9(7-11)4-6-10;3*2-1-3/h4-13,15H,1-3H3;3-8H,1-2H3;3*1H,(H,2,3). The van der Waals surface area contributed by atoms with E-state index in [-0.39, 0.29) is 19.4 Å². The van der Waals surface area contributed by atoms with E-state index in [1.807, 2.05) is 24.3 Å². The molecule has 3 N–H and O–H groups in total. The van der Waals surface area contributed by atoms with Crippen LogP contribution in [-0.4, -0.2) is 48.1 Å². The molecular formula is C35H38O8. The monoisotopic (exact) mass is 586 g/mol. The van der Waals surface area contributed by atoms with Gasteiger partial charge >= 0.3 is 0 Å². The predicted octanol–water partition coefficient (Wildman–Crippen LogP) is 7.53. The molecule has 1 aliphatic carbocycles. The minimum absolute atomic E-state index is 0.250. The highest BCUT2D eigenvalue weighted by molar-refractivity contribution is 5.82. The van der Waals surface area contributed by atoms with Crippen LogP contribution in [0.4, 0.5) is 0 Å². The number of ether oxygens (including phenoxy) is 1. The molecule has 0 aromatic heterocycles. The number of carbonyl (C=O) groups excluding carboxylic acids is 1. The molecule has 0 bridgehead atoms. The van der Waals surface area contributed by atoms with Crippen LogP contribution in [0, 0.1) is 6.92 Å². The fourth-order valence-electron chi connectivity index (χ4n) is 4.57. The van der Waals surface area contributed by atoms with Gasteiger partial charge in [0.15, 0.2) is 0 Å². The van der Waals surface area contributed by atoms with Crippen molar-refractivity contribution in [1.82, 2.24) is 0 Å². The lowest BCUT2D eigenvalue weighted by atomic mass is 9.95. The summed E-state index contributed by atoms with van der Waals surface area (Å²) in [6.07, 6.45) is 0.865. The zero-order valence-electron chi connectivity index (χ0n) is 24.9. The highest BCUT2D eigenvalue weighted by atomic mass is 16.5. The summed E-state index contributed by atoms with van der Waals surface area (Å²) in [7, 11) is 1.73. The van der Waals surface area contributed by atoms with Gasteiger partial charge in [-0.1, -0.05) is 93.1 Å². The van der Waals surface area contributed by atoms with Gasteiger partial charge in [0.05, 0.1) is 7.11 Å². The zero-order chi connectivity index (χ0) is 32.4. The number of aldehydes is 1. The number of hydrogen-bond acceptors (Lipinski definition) is 5. The van der Waals surface area contributed by atoms with E-state index in [1.165, 1.54) is 44.5 Å². The van der Waals surface area contributed by atoms with E-state index in [1.54, 1.807) is 7.11 Å². The number of carbonyl (C=O) groups is 4. The molecule has 0 fully saturated rings. The Morgan fingerprint density at radius 1 is 0.698 bits per heavy atom. The van der Waals surface area contributed by atoms with Crippen molar-refractivity contribution in [2.45, 2.75) is 39.5 Å². The van der Waals surface area contributed by atoms with Crippen LogP contribution < -0.4 is 4.74 Å². The number of rotatable bonds is 4. The zero-order valence-corrected chi connectivity index (χ0v) is 24.9. The summed E-state index contributed by atoms with van der Waals surface area (Å²) in [5.41, 5.74) is 11.4. The molecule has 1 aliphatic rings. The Morgan fingerprint density at radius 2 is 1.21 bits per heavy atom. The summed E-state index contributed by atoms with van der Waals surface area (Å²) in [6, 6.07) is 29.6. The average molecular weight is 587 g/mol. The Kier molecular flexibility index (Phi) is 15.8. The lowest BCUT2D eigenvalue weighted by Crippen LogP contribution is -1.91. The Labute approximate surface area is 252 Å². The normalized spacial score (nSPS) is 11.5. The largest absolute Gasteiger partial charge is 0.497 e. The first kappa shape index (κ1) is 35.8. The van der Waals surface area contributed by atoms with Gasteiger partial charge in [0, 0.05) is 11.5 Å². The molecule has 1 unspecified atom stereocenters. The van der Waals surface area contributed by atoms with Crippen LogP contribution in [0.25, 0.3) is 22.3 Å². The highest BCUT2D eigenvalue weighted by Crippen LogP contribution is 2.46. The number of benzene rings is 4. The van der Waals surface area contributed by atoms with Crippen LogP contribution in [0.1, 0.15) is 65.2 Å². The fraction of sp³-hybridized carbons (Fsp3) is 0.200. The Morgan fingerprint density at radius 3 is 1.70 bits per heavy atom. The first-order chi connectivity index (χ1) is 20.6. The van der Waals surface area contributed by atoms with Crippen LogP contribution in [0.5, 0.6) is 5.75 Å². The van der Waals surface area contributed by atoms with Crippen molar-refractivity contribution in [2.24, 2.45) is 0 Å². The van der Waals surface area contributed by atoms with Crippen LogP contribution in [0.2, 0.25) is 0 Å². The number of hydrogen-bond donors (Lipinski definition) is 3. The van der Waals surface area contributed by atoms with Gasteiger partial charge in [-0.25, -0.2) is 0 Å². The topological polar surface area (TPSA) is 138 Å². The second-order valence-corrected chi connectivity index (χ2v) is 9.60. The molecule has 0 saturated carbocycles. The molecule has 0 spiro atoms. The molecule has 226 valence electrons. The van der Waals surface area contributed by atoms with Crippen LogP contribution in [0.15, 0.2) is 84.9 Å². The quantitative estimate of drug-likeness (QED) is 0.209. The number of methoxy groups -OCH3 is 1. The Balaban J connectivity index is 0.000000386. The van der Waals surface area contributed by atoms with E-state index in [0.29, 0.717) is 11.8 Å². The van der Waals surface area contributed by atoms with Gasteiger partial charge in [-0.2, -0.15) is 0 Å². The van der Waals surface area contributed by atoms with E-state index in [4.69, 9.17) is 34.4 Å². The summed E-state index contributed by atoms with van der Waals surface area (Å²) in [6.45, 7) is 7.94. The summed E-state index contributed by atoms with van der Waals surface area (Å²) >= 11 is 0. The van der Waals surface area contributed by atoms with Crippen molar-refractivity contribution in [3.63, 3.8) is 0 Å². The Bertz CT molecular complexity index is 1450. The third-order valence-corrected chi connectivity index (χ3v) is 6.62. The lowest BCUT2D eigenvalue weighted by Gasteiger charge is -2.10. The molecule has 0 radical (unpaired) electrons. The summed E-state index contributed by atoms with van der Waals surface area (Å²) in [5, 5.41) is 20.7. The van der Waals surface area contributed by atoms with Crippen LogP contribution in [-0.2, 0) is 14.4 Å². The van der Waals surface area contributed by atoms with Crippen molar-refractivity contribution in [3.8, 4) is 28.0 Å². The second-order valence-electron chi connectivity index (χ2n) is 9.60. The van der Waals surface area contributed by atoms with E-state index < -0.39 is 0 Å². The molecule has 0 heterocycles. The minimum atomic E-state index is -0.250. The molecule has 8 heteroatoms. The molecule has 0 amide bonds. The third-order valence-electron chi connectivity index (χ3n) is 6.62. The van der Waals surface area contributed by atoms with Crippen molar-refractivity contribution in [2.75, 3.05) is 7.11 Å². The van der Waals surface area contributed by atoms with Gasteiger partial charge in [0.1, 0.15) is 12.0 Å². The maximum atomic E-state index is 10.3. The van der Waals surface area contributed by atoms with Gasteiger partial charge in [0.2, 0.25) is 0 Å². The van der Waals surface area contributed by atoms with Crippen molar-refractivity contribution < 1.29 is 39.2 Å². The van der Waals surface area contributed by atoms with E-state index in [9.17, 15) is 4.79 Å². The lowest BCUT2D eigenvalue weighted by molar-refractivity contribution is -0.123. The molecule has 4 aromatic carbocycles. The summed E-state index contributed by atoms with van der Waals surface area (Å²) in [4.78, 5) is 35.4. The van der Waals surface area contributed by atoms with E-state index in [2.05, 4.69) is 88.4 Å². The van der Waals surface area contributed by atoms with Crippen molar-refractivity contribution in [3.05, 3.63) is 113 Å². The molecule has 5 rings (SSSR count). The van der Waals surface area contributed by atoms with Gasteiger partial charge < -0.3 is 20.1 Å². The van der Waals surface area contributed by atoms with Crippen LogP contribution in [0.3, 0.4) is 0 Å². The average Bonchev–Trinajstić information content (AvgIpc) is 3.29. The van der Waals surface area contributed by atoms with Crippen LogP contribution >= 0.6 is 0 Å². The number of aryl methyl sites for hydroxylation is 1. The molecular weight excluding hydrogens is 548 g/mol. The summed E-state index contributed by atoms with van der Waals surface area (Å²) < 4.78 is 5.39. The maximum Gasteiger partial charge on any atom is 0.290 e. The van der Waals surface area contributed by atoms with Gasteiger partial charge in [0.25, 0.3) is 19.4 Å².